The molecule has 0 aliphatic carbocycles. The van der Waals surface area contributed by atoms with Crippen LogP contribution in [0.5, 0.6) is 0 Å². The Morgan fingerprint density at radius 2 is 1.88 bits per heavy atom. The van der Waals surface area contributed by atoms with Crippen LogP contribution in [-0.4, -0.2) is 56.9 Å². The number of amides is 1. The van der Waals surface area contributed by atoms with Crippen LogP contribution in [0.4, 0.5) is 4.79 Å². The molecule has 2 aliphatic heterocycles. The summed E-state index contributed by atoms with van der Waals surface area (Å²) in [5.74, 6) is 0. The van der Waals surface area contributed by atoms with Gasteiger partial charge in [-0.2, -0.15) is 0 Å². The molecule has 1 aromatic carbocycles. The second-order valence-electron chi connectivity index (χ2n) is 9.02. The second-order valence-corrected chi connectivity index (χ2v) is 9.02. The number of aliphatic hydroxyl groups is 1. The number of aliphatic hydroxyl groups excluding tert-OH is 1. The molecule has 1 unspecified atom stereocenters. The number of ether oxygens (including phenoxy) is 1. The number of fused-ring (bicyclic) bond motifs is 2. The molecular weight excluding hydrogens is 316 g/mol. The summed E-state index contributed by atoms with van der Waals surface area (Å²) in [7, 11) is 0. The van der Waals surface area contributed by atoms with Gasteiger partial charge in [-0.3, -0.25) is 9.80 Å². The minimum atomic E-state index is -0.635. The highest BCUT2D eigenvalue weighted by molar-refractivity contribution is 5.71. The molecule has 138 valence electrons. The fourth-order valence-electron chi connectivity index (χ4n) is 4.48. The molecular formula is C20H30N2O3. The minimum absolute atomic E-state index is 0.326. The fourth-order valence-corrected chi connectivity index (χ4v) is 4.48. The van der Waals surface area contributed by atoms with Gasteiger partial charge < -0.3 is 9.84 Å². The van der Waals surface area contributed by atoms with E-state index in [0.717, 1.165) is 13.1 Å². The smallest absolute Gasteiger partial charge is 0.411 e. The Morgan fingerprint density at radius 3 is 2.44 bits per heavy atom. The van der Waals surface area contributed by atoms with E-state index in [1.807, 2.05) is 45.9 Å². The van der Waals surface area contributed by atoms with Gasteiger partial charge in [0, 0.05) is 26.1 Å². The van der Waals surface area contributed by atoms with E-state index < -0.39 is 22.8 Å². The Balaban J connectivity index is 1.84. The number of rotatable bonds is 2. The van der Waals surface area contributed by atoms with Crippen molar-refractivity contribution in [1.29, 1.82) is 0 Å². The van der Waals surface area contributed by atoms with Crippen LogP contribution >= 0.6 is 0 Å². The SMILES string of the molecule is CC(C)(C)OC(=O)N1[C@]2(C)CC(O)[C@]1(C)CN(Cc1ccccc1)C2. The molecule has 0 aromatic heterocycles. The predicted molar refractivity (Wildman–Crippen MR) is 97.2 cm³/mol. The molecule has 3 rings (SSSR count). The first kappa shape index (κ1) is 18.2. The van der Waals surface area contributed by atoms with Gasteiger partial charge in [0.15, 0.2) is 0 Å². The highest BCUT2D eigenvalue weighted by Gasteiger charge is 2.62. The maximum atomic E-state index is 12.9. The van der Waals surface area contributed by atoms with Gasteiger partial charge in [-0.15, -0.1) is 0 Å². The number of hydrogen-bond donors (Lipinski definition) is 1. The van der Waals surface area contributed by atoms with Gasteiger partial charge >= 0.3 is 6.09 Å². The summed E-state index contributed by atoms with van der Waals surface area (Å²) in [6.07, 6.45) is -0.298. The zero-order chi connectivity index (χ0) is 18.5. The van der Waals surface area contributed by atoms with E-state index in [1.54, 1.807) is 4.90 Å². The Bertz CT molecular complexity index is 642. The van der Waals surface area contributed by atoms with Gasteiger partial charge in [0.25, 0.3) is 0 Å². The average molecular weight is 346 g/mol. The molecule has 0 spiro atoms. The third-order valence-electron chi connectivity index (χ3n) is 5.33. The Hall–Kier alpha value is -1.59. The minimum Gasteiger partial charge on any atom is -0.444 e. The summed E-state index contributed by atoms with van der Waals surface area (Å²) >= 11 is 0. The molecule has 2 bridgehead atoms. The maximum Gasteiger partial charge on any atom is 0.411 e. The number of likely N-dealkylation sites (tertiary alicyclic amines) is 1. The van der Waals surface area contributed by atoms with Crippen LogP contribution in [0.15, 0.2) is 30.3 Å². The van der Waals surface area contributed by atoms with Crippen LogP contribution in [0, 0.1) is 0 Å². The van der Waals surface area contributed by atoms with E-state index in [1.165, 1.54) is 5.56 Å². The molecule has 0 saturated carbocycles. The van der Waals surface area contributed by atoms with Crippen molar-refractivity contribution >= 4 is 6.09 Å². The molecule has 3 atom stereocenters. The van der Waals surface area contributed by atoms with Crippen LogP contribution in [0.1, 0.15) is 46.6 Å². The van der Waals surface area contributed by atoms with Gasteiger partial charge in [-0.05, 0) is 40.2 Å². The fraction of sp³-hybridized carbons (Fsp3) is 0.650. The number of carbonyl (C=O) groups excluding carboxylic acids is 1. The number of benzene rings is 1. The van der Waals surface area contributed by atoms with Crippen molar-refractivity contribution in [1.82, 2.24) is 9.80 Å². The molecule has 2 saturated heterocycles. The van der Waals surface area contributed by atoms with E-state index in [4.69, 9.17) is 4.74 Å². The third-order valence-corrected chi connectivity index (χ3v) is 5.33. The lowest BCUT2D eigenvalue weighted by atomic mass is 9.94. The standard InChI is InChI=1S/C20H30N2O3/c1-18(2,3)25-17(24)22-19(4)11-16(23)20(22,5)14-21(13-19)12-15-9-7-6-8-10-15/h6-10,16,23H,11-14H2,1-5H3/t16?,19-,20+/m1/s1. The van der Waals surface area contributed by atoms with Crippen LogP contribution in [0.3, 0.4) is 0 Å². The third kappa shape index (κ3) is 3.40. The molecule has 1 amide bonds. The summed E-state index contributed by atoms with van der Waals surface area (Å²) in [5.41, 5.74) is -0.363. The lowest BCUT2D eigenvalue weighted by Crippen LogP contribution is -2.68. The summed E-state index contributed by atoms with van der Waals surface area (Å²) in [6, 6.07) is 10.3. The van der Waals surface area contributed by atoms with Crippen LogP contribution in [0.2, 0.25) is 0 Å². The molecule has 1 aromatic rings. The van der Waals surface area contributed by atoms with Gasteiger partial charge in [0.2, 0.25) is 0 Å². The molecule has 1 N–H and O–H groups in total. The van der Waals surface area contributed by atoms with E-state index in [0.29, 0.717) is 13.0 Å². The largest absolute Gasteiger partial charge is 0.444 e. The van der Waals surface area contributed by atoms with Crippen molar-refractivity contribution in [3.63, 3.8) is 0 Å². The zero-order valence-electron chi connectivity index (χ0n) is 16.0. The van der Waals surface area contributed by atoms with Gasteiger partial charge in [-0.25, -0.2) is 4.79 Å². The molecule has 0 radical (unpaired) electrons. The molecule has 25 heavy (non-hydrogen) atoms. The number of hydrogen-bond acceptors (Lipinski definition) is 4. The predicted octanol–water partition coefficient (Wildman–Crippen LogP) is 3.02. The molecule has 2 aliphatic rings. The topological polar surface area (TPSA) is 53.0 Å². The first-order chi connectivity index (χ1) is 11.5. The Labute approximate surface area is 150 Å². The number of piperazine rings is 1. The molecule has 5 nitrogen and oxygen atoms in total. The van der Waals surface area contributed by atoms with Crippen molar-refractivity contribution < 1.29 is 14.6 Å². The lowest BCUT2D eigenvalue weighted by molar-refractivity contribution is -0.0710. The van der Waals surface area contributed by atoms with Gasteiger partial charge in [-0.1, -0.05) is 30.3 Å². The number of nitrogens with zero attached hydrogens (tertiary/aromatic N) is 2. The molecule has 5 heteroatoms. The Kier molecular flexibility index (Phi) is 4.36. The normalized spacial score (nSPS) is 32.7. The van der Waals surface area contributed by atoms with Crippen molar-refractivity contribution in [2.75, 3.05) is 13.1 Å². The number of carbonyl (C=O) groups is 1. The average Bonchev–Trinajstić information content (AvgIpc) is 2.57. The van der Waals surface area contributed by atoms with E-state index in [2.05, 4.69) is 24.0 Å². The van der Waals surface area contributed by atoms with Crippen LogP contribution in [0.25, 0.3) is 0 Å². The summed E-state index contributed by atoms with van der Waals surface area (Å²) in [6.45, 7) is 11.8. The van der Waals surface area contributed by atoms with Gasteiger partial charge in [0.1, 0.15) is 5.60 Å². The first-order valence-corrected chi connectivity index (χ1v) is 9.01. The molecule has 2 heterocycles. The highest BCUT2D eigenvalue weighted by Crippen LogP contribution is 2.46. The summed E-state index contributed by atoms with van der Waals surface area (Å²) < 4.78 is 5.65. The monoisotopic (exact) mass is 346 g/mol. The summed E-state index contributed by atoms with van der Waals surface area (Å²) in [4.78, 5) is 17.0. The van der Waals surface area contributed by atoms with Crippen LogP contribution < -0.4 is 0 Å². The van der Waals surface area contributed by atoms with Crippen molar-refractivity contribution in [2.24, 2.45) is 0 Å². The highest BCUT2D eigenvalue weighted by atomic mass is 16.6. The molecule has 2 fully saturated rings. The Morgan fingerprint density at radius 1 is 1.24 bits per heavy atom. The van der Waals surface area contributed by atoms with E-state index >= 15 is 0 Å². The lowest BCUT2D eigenvalue weighted by Gasteiger charge is -2.52. The second kappa shape index (κ2) is 5.99. The quantitative estimate of drug-likeness (QED) is 0.894. The summed E-state index contributed by atoms with van der Waals surface area (Å²) in [5, 5.41) is 10.7. The maximum absolute atomic E-state index is 12.9. The van der Waals surface area contributed by atoms with Gasteiger partial charge in [0.05, 0.1) is 17.2 Å². The van der Waals surface area contributed by atoms with Crippen molar-refractivity contribution in [3.05, 3.63) is 35.9 Å². The zero-order valence-corrected chi connectivity index (χ0v) is 16.0. The first-order valence-electron chi connectivity index (χ1n) is 9.01. The van der Waals surface area contributed by atoms with E-state index in [9.17, 15) is 9.90 Å². The van der Waals surface area contributed by atoms with Crippen LogP contribution in [-0.2, 0) is 11.3 Å². The van der Waals surface area contributed by atoms with Crippen molar-refractivity contribution in [2.45, 2.75) is 70.4 Å². The van der Waals surface area contributed by atoms with Crippen molar-refractivity contribution in [3.8, 4) is 0 Å². The van der Waals surface area contributed by atoms with E-state index in [-0.39, 0.29) is 6.09 Å².